The van der Waals surface area contributed by atoms with Gasteiger partial charge in [0, 0.05) is 35.5 Å². The van der Waals surface area contributed by atoms with Crippen molar-refractivity contribution < 1.29 is 31.8 Å². The molecule has 0 radical (unpaired) electrons. The molecule has 2 aliphatic heterocycles. The van der Waals surface area contributed by atoms with Crippen LogP contribution in [0.25, 0.3) is 22.8 Å². The lowest BCUT2D eigenvalue weighted by Gasteiger charge is -2.29. The minimum absolute atomic E-state index is 0.200. The van der Waals surface area contributed by atoms with Crippen molar-refractivity contribution in [3.63, 3.8) is 0 Å². The van der Waals surface area contributed by atoms with E-state index in [4.69, 9.17) is 16.3 Å². The molecule has 5 nitrogen and oxygen atoms in total. The van der Waals surface area contributed by atoms with Crippen LogP contribution in [-0.4, -0.2) is 38.6 Å². The maximum Gasteiger partial charge on any atom is 0.573 e. The lowest BCUT2D eigenvalue weighted by molar-refractivity contribution is -0.275. The van der Waals surface area contributed by atoms with Crippen molar-refractivity contribution in [2.75, 3.05) is 36.5 Å². The Labute approximate surface area is 208 Å². The predicted molar refractivity (Wildman–Crippen MR) is 130 cm³/mol. The first-order valence-electron chi connectivity index (χ1n) is 11.0. The van der Waals surface area contributed by atoms with Crippen LogP contribution in [0, 0.1) is 5.82 Å². The summed E-state index contributed by atoms with van der Waals surface area (Å²) in [6.07, 6.45) is -3.61. The summed E-state index contributed by atoms with van der Waals surface area (Å²) < 4.78 is 60.5. The molecule has 1 N–H and O–H groups in total. The number of fused-ring (bicyclic) bond motifs is 1. The van der Waals surface area contributed by atoms with E-state index in [-0.39, 0.29) is 11.1 Å². The van der Waals surface area contributed by atoms with Gasteiger partial charge >= 0.3 is 6.36 Å². The standard InChI is InChI=1S/C26H19ClF4N2O3/c27-21-14-23-19(13-18(21)16-2-4-17(5-3-16)33-7-9-35-10-8-33)20(25(34)32-23)11-15-1-6-24(22(28)12-15)36-26(29,30)31/h1-6,11-14H,7-10H2,(H,32,34)/b20-11-. The lowest BCUT2D eigenvalue weighted by Crippen LogP contribution is -2.36. The van der Waals surface area contributed by atoms with Crippen molar-refractivity contribution in [2.45, 2.75) is 6.36 Å². The Balaban J connectivity index is 1.46. The van der Waals surface area contributed by atoms with Crippen LogP contribution < -0.4 is 15.0 Å². The minimum atomic E-state index is -5.01. The van der Waals surface area contributed by atoms with Gasteiger partial charge in [-0.25, -0.2) is 4.39 Å². The van der Waals surface area contributed by atoms with Crippen LogP contribution in [0.4, 0.5) is 28.9 Å². The third kappa shape index (κ3) is 5.03. The molecule has 2 heterocycles. The summed E-state index contributed by atoms with van der Waals surface area (Å²) in [5, 5.41) is 3.16. The highest BCUT2D eigenvalue weighted by molar-refractivity contribution is 6.38. The summed E-state index contributed by atoms with van der Waals surface area (Å²) in [5.41, 5.74) is 4.08. The van der Waals surface area contributed by atoms with E-state index in [1.165, 1.54) is 12.1 Å². The number of morpholine rings is 1. The smallest absolute Gasteiger partial charge is 0.403 e. The number of amides is 1. The van der Waals surface area contributed by atoms with Gasteiger partial charge in [0.25, 0.3) is 5.91 Å². The fraction of sp³-hybridized carbons (Fsp3) is 0.192. The third-order valence-electron chi connectivity index (χ3n) is 5.94. The van der Waals surface area contributed by atoms with Crippen molar-refractivity contribution in [3.8, 4) is 16.9 Å². The molecule has 0 atom stereocenters. The molecule has 0 aliphatic carbocycles. The number of carbonyl (C=O) groups excluding carboxylic acids is 1. The third-order valence-corrected chi connectivity index (χ3v) is 6.25. The molecule has 3 aromatic carbocycles. The van der Waals surface area contributed by atoms with Crippen molar-refractivity contribution in [1.82, 2.24) is 0 Å². The van der Waals surface area contributed by atoms with E-state index in [0.717, 1.165) is 36.5 Å². The Kier molecular flexibility index (Phi) is 6.36. The molecule has 1 fully saturated rings. The van der Waals surface area contributed by atoms with Gasteiger partial charge in [-0.1, -0.05) is 29.8 Å². The minimum Gasteiger partial charge on any atom is -0.403 e. The molecule has 186 valence electrons. The average molecular weight is 519 g/mol. The second-order valence-corrected chi connectivity index (χ2v) is 8.68. The van der Waals surface area contributed by atoms with Crippen molar-refractivity contribution in [2.24, 2.45) is 0 Å². The number of nitrogens with zero attached hydrogens (tertiary/aromatic N) is 1. The Morgan fingerprint density at radius 2 is 1.72 bits per heavy atom. The number of hydrogen-bond donors (Lipinski definition) is 1. The monoisotopic (exact) mass is 518 g/mol. The van der Waals surface area contributed by atoms with Crippen LogP contribution in [0.15, 0.2) is 54.6 Å². The summed E-state index contributed by atoms with van der Waals surface area (Å²) in [5.74, 6) is -2.58. The predicted octanol–water partition coefficient (Wildman–Crippen LogP) is 6.37. The van der Waals surface area contributed by atoms with Crippen LogP contribution >= 0.6 is 11.6 Å². The molecular formula is C26H19ClF4N2O3. The van der Waals surface area contributed by atoms with E-state index >= 15 is 0 Å². The van der Waals surface area contributed by atoms with E-state index in [2.05, 4.69) is 15.0 Å². The highest BCUT2D eigenvalue weighted by atomic mass is 35.5. The first kappa shape index (κ1) is 24.1. The molecule has 3 aromatic rings. The highest BCUT2D eigenvalue weighted by Gasteiger charge is 2.32. The topological polar surface area (TPSA) is 50.8 Å². The molecule has 0 spiro atoms. The summed E-state index contributed by atoms with van der Waals surface area (Å²) in [6.45, 7) is 2.97. The zero-order valence-electron chi connectivity index (χ0n) is 18.7. The van der Waals surface area contributed by atoms with Gasteiger partial charge in [0.2, 0.25) is 0 Å². The van der Waals surface area contributed by atoms with Crippen molar-refractivity contribution in [3.05, 3.63) is 76.6 Å². The van der Waals surface area contributed by atoms with Crippen LogP contribution in [-0.2, 0) is 9.53 Å². The Hall–Kier alpha value is -3.56. The Bertz CT molecular complexity index is 1350. The second-order valence-electron chi connectivity index (χ2n) is 8.27. The number of alkyl halides is 3. The van der Waals surface area contributed by atoms with Crippen LogP contribution in [0.5, 0.6) is 5.75 Å². The maximum atomic E-state index is 14.2. The van der Waals surface area contributed by atoms with Crippen LogP contribution in [0.3, 0.4) is 0 Å². The second kappa shape index (κ2) is 9.48. The molecule has 5 rings (SSSR count). The van der Waals surface area contributed by atoms with Crippen LogP contribution in [0.2, 0.25) is 5.02 Å². The molecule has 1 amide bonds. The molecular weight excluding hydrogens is 500 g/mol. The fourth-order valence-electron chi connectivity index (χ4n) is 4.23. The zero-order chi connectivity index (χ0) is 25.4. The van der Waals surface area contributed by atoms with E-state index in [1.807, 2.05) is 24.3 Å². The molecule has 2 aliphatic rings. The number of ether oxygens (including phenoxy) is 2. The summed E-state index contributed by atoms with van der Waals surface area (Å²) in [4.78, 5) is 14.9. The summed E-state index contributed by atoms with van der Waals surface area (Å²) >= 11 is 6.52. The zero-order valence-corrected chi connectivity index (χ0v) is 19.4. The van der Waals surface area contributed by atoms with Gasteiger partial charge in [0.05, 0.1) is 23.9 Å². The molecule has 0 unspecified atom stereocenters. The lowest BCUT2D eigenvalue weighted by atomic mass is 9.97. The number of hydrogen-bond acceptors (Lipinski definition) is 4. The first-order chi connectivity index (χ1) is 17.2. The van der Waals surface area contributed by atoms with E-state index in [9.17, 15) is 22.4 Å². The maximum absolute atomic E-state index is 14.2. The van der Waals surface area contributed by atoms with Gasteiger partial charge in [0.1, 0.15) is 0 Å². The van der Waals surface area contributed by atoms with E-state index in [0.29, 0.717) is 35.1 Å². The first-order valence-corrected chi connectivity index (χ1v) is 11.4. The number of benzene rings is 3. The quantitative estimate of drug-likeness (QED) is 0.322. The number of rotatable bonds is 4. The molecule has 36 heavy (non-hydrogen) atoms. The molecule has 10 heteroatoms. The highest BCUT2D eigenvalue weighted by Crippen LogP contribution is 2.41. The number of nitrogens with one attached hydrogen (secondary N) is 1. The molecule has 0 saturated carbocycles. The molecule has 0 aromatic heterocycles. The molecule has 0 bridgehead atoms. The van der Waals surface area contributed by atoms with E-state index in [1.54, 1.807) is 12.1 Å². The van der Waals surface area contributed by atoms with Gasteiger partial charge in [-0.05, 0) is 53.6 Å². The summed E-state index contributed by atoms with van der Waals surface area (Å²) in [7, 11) is 0. The molecule has 1 saturated heterocycles. The SMILES string of the molecule is O=C1Nc2cc(Cl)c(-c3ccc(N4CCOCC4)cc3)cc2/C1=C/c1ccc(OC(F)(F)F)c(F)c1. The van der Waals surface area contributed by atoms with Gasteiger partial charge in [-0.2, -0.15) is 0 Å². The Morgan fingerprint density at radius 1 is 1.00 bits per heavy atom. The fourth-order valence-corrected chi connectivity index (χ4v) is 4.50. The Morgan fingerprint density at radius 3 is 2.39 bits per heavy atom. The average Bonchev–Trinajstić information content (AvgIpc) is 3.14. The van der Waals surface area contributed by atoms with Gasteiger partial charge in [-0.3, -0.25) is 4.79 Å². The van der Waals surface area contributed by atoms with Crippen LogP contribution in [0.1, 0.15) is 11.1 Å². The van der Waals surface area contributed by atoms with Crippen molar-refractivity contribution in [1.29, 1.82) is 0 Å². The van der Waals surface area contributed by atoms with E-state index < -0.39 is 23.8 Å². The number of halogens is 5. The normalized spacial score (nSPS) is 16.8. The number of carbonyl (C=O) groups is 1. The number of anilines is 2. The van der Waals surface area contributed by atoms with Gasteiger partial charge in [-0.15, -0.1) is 13.2 Å². The van der Waals surface area contributed by atoms with Gasteiger partial charge < -0.3 is 19.7 Å². The van der Waals surface area contributed by atoms with Gasteiger partial charge in [0.15, 0.2) is 11.6 Å². The van der Waals surface area contributed by atoms with Crippen molar-refractivity contribution >= 4 is 40.5 Å². The largest absolute Gasteiger partial charge is 0.573 e. The summed E-state index contributed by atoms with van der Waals surface area (Å²) in [6, 6.07) is 14.3.